The van der Waals surface area contributed by atoms with E-state index in [-0.39, 0.29) is 22.7 Å². The Bertz CT molecular complexity index is 1760. The Morgan fingerprint density at radius 3 is 2.24 bits per heavy atom. The van der Waals surface area contributed by atoms with Gasteiger partial charge in [0.1, 0.15) is 34.0 Å². The van der Waals surface area contributed by atoms with Crippen molar-refractivity contribution in [1.29, 1.82) is 0 Å². The number of aryl methyl sites for hydroxylation is 1. The van der Waals surface area contributed by atoms with Crippen molar-refractivity contribution in [1.82, 2.24) is 15.0 Å². The number of nitrogens with zero attached hydrogens (tertiary/aromatic N) is 3. The largest absolute Gasteiger partial charge is 0.507 e. The monoisotopic (exact) mass is 641 g/mol. The van der Waals surface area contributed by atoms with Crippen LogP contribution >= 0.6 is 11.6 Å². The predicted molar refractivity (Wildman–Crippen MR) is 186 cm³/mol. The van der Waals surface area contributed by atoms with Gasteiger partial charge in [-0.1, -0.05) is 108 Å². The molecule has 5 rings (SSSR count). The zero-order chi connectivity index (χ0) is 33.3. The first-order valence-electron chi connectivity index (χ1n) is 15.9. The summed E-state index contributed by atoms with van der Waals surface area (Å²) in [6.45, 7) is 11.0. The van der Waals surface area contributed by atoms with Gasteiger partial charge < -0.3 is 14.9 Å². The Hall–Kier alpha value is -4.36. The van der Waals surface area contributed by atoms with Crippen LogP contribution in [0.3, 0.4) is 0 Å². The highest BCUT2D eigenvalue weighted by atomic mass is 35.5. The van der Waals surface area contributed by atoms with Crippen LogP contribution in [0.5, 0.6) is 17.2 Å². The van der Waals surface area contributed by atoms with E-state index < -0.39 is 0 Å². The molecule has 1 aromatic heterocycles. The van der Waals surface area contributed by atoms with Crippen LogP contribution < -0.4 is 4.74 Å². The molecule has 5 aromatic rings. The number of rotatable bonds is 11. The van der Waals surface area contributed by atoms with Gasteiger partial charge in [-0.3, -0.25) is 4.79 Å². The molecule has 46 heavy (non-hydrogen) atoms. The number of phenolic OH excluding ortho intramolecular Hbond substituents is 2. The van der Waals surface area contributed by atoms with Gasteiger partial charge in [0.2, 0.25) is 0 Å². The summed E-state index contributed by atoms with van der Waals surface area (Å²) in [5.74, 6) is 0.593. The molecular formula is C38H44ClN3O4. The van der Waals surface area contributed by atoms with Crippen molar-refractivity contribution < 1.29 is 19.7 Å². The number of fused-ring (bicyclic) bond motifs is 1. The van der Waals surface area contributed by atoms with Crippen molar-refractivity contribution in [3.8, 4) is 22.9 Å². The summed E-state index contributed by atoms with van der Waals surface area (Å²) in [7, 11) is 0. The molecule has 0 atom stereocenters. The minimum Gasteiger partial charge on any atom is -0.507 e. The lowest BCUT2D eigenvalue weighted by Crippen LogP contribution is -2.13. The predicted octanol–water partition coefficient (Wildman–Crippen LogP) is 9.75. The molecule has 0 bridgehead atoms. The second kappa shape index (κ2) is 15.8. The smallest absolute Gasteiger partial charge is 0.196 e. The zero-order valence-electron chi connectivity index (χ0n) is 27.4. The van der Waals surface area contributed by atoms with E-state index in [0.717, 1.165) is 29.5 Å². The highest BCUT2D eigenvalue weighted by Gasteiger charge is 2.22. The van der Waals surface area contributed by atoms with Crippen LogP contribution in [0.1, 0.15) is 93.3 Å². The molecular weight excluding hydrogens is 598 g/mol. The third-order valence-corrected chi connectivity index (χ3v) is 7.85. The van der Waals surface area contributed by atoms with E-state index in [1.165, 1.54) is 36.5 Å². The minimum absolute atomic E-state index is 0.0377. The normalized spacial score (nSPS) is 11.3. The summed E-state index contributed by atoms with van der Waals surface area (Å²) in [4.78, 5) is 13.8. The maximum absolute atomic E-state index is 12.4. The number of hydrogen-bond donors (Lipinski definition) is 2. The van der Waals surface area contributed by atoms with Crippen LogP contribution in [0.15, 0.2) is 78.9 Å². The average Bonchev–Trinajstić information content (AvgIpc) is 3.44. The van der Waals surface area contributed by atoms with E-state index in [1.54, 1.807) is 36.4 Å². The number of ether oxygens (including phenoxy) is 1. The van der Waals surface area contributed by atoms with Gasteiger partial charge in [-0.25, -0.2) is 0 Å². The van der Waals surface area contributed by atoms with Crippen molar-refractivity contribution >= 4 is 28.4 Å². The van der Waals surface area contributed by atoms with Gasteiger partial charge >= 0.3 is 0 Å². The second-order valence-electron chi connectivity index (χ2n) is 12.5. The zero-order valence-corrected chi connectivity index (χ0v) is 28.1. The lowest BCUT2D eigenvalue weighted by molar-refractivity contribution is 0.103. The molecule has 0 unspecified atom stereocenters. The van der Waals surface area contributed by atoms with Crippen LogP contribution in [0.4, 0.5) is 0 Å². The fourth-order valence-electron chi connectivity index (χ4n) is 5.09. The Morgan fingerprint density at radius 1 is 0.848 bits per heavy atom. The first-order valence-corrected chi connectivity index (χ1v) is 16.3. The number of halogens is 1. The molecule has 7 nitrogen and oxygen atoms in total. The van der Waals surface area contributed by atoms with E-state index in [9.17, 15) is 15.0 Å². The molecule has 242 valence electrons. The minimum atomic E-state index is -0.185. The van der Waals surface area contributed by atoms with Crippen LogP contribution in [0.2, 0.25) is 5.02 Å². The molecule has 4 aromatic carbocycles. The van der Waals surface area contributed by atoms with Crippen molar-refractivity contribution in [3.63, 3.8) is 0 Å². The average molecular weight is 642 g/mol. The topological polar surface area (TPSA) is 97.5 Å². The Morgan fingerprint density at radius 2 is 1.54 bits per heavy atom. The quantitative estimate of drug-likeness (QED) is 0.110. The summed E-state index contributed by atoms with van der Waals surface area (Å²) in [5.41, 5.74) is 4.65. The highest BCUT2D eigenvalue weighted by Crippen LogP contribution is 2.36. The number of hydrogen-bond acceptors (Lipinski definition) is 6. The van der Waals surface area contributed by atoms with Gasteiger partial charge in [0.25, 0.3) is 0 Å². The van der Waals surface area contributed by atoms with Crippen molar-refractivity contribution in [2.24, 2.45) is 0 Å². The van der Waals surface area contributed by atoms with Gasteiger partial charge in [0.05, 0.1) is 12.2 Å². The van der Waals surface area contributed by atoms with Gasteiger partial charge in [0, 0.05) is 22.2 Å². The Kier molecular flexibility index (Phi) is 11.8. The number of phenols is 2. The fourth-order valence-corrected chi connectivity index (χ4v) is 5.26. The third-order valence-electron chi connectivity index (χ3n) is 7.62. The van der Waals surface area contributed by atoms with Gasteiger partial charge in [-0.05, 0) is 60.7 Å². The van der Waals surface area contributed by atoms with Crippen molar-refractivity contribution in [2.45, 2.75) is 78.6 Å². The number of ketones is 1. The Balaban J connectivity index is 0.000000209. The van der Waals surface area contributed by atoms with Gasteiger partial charge in [-0.15, -0.1) is 15.0 Å². The molecule has 0 saturated heterocycles. The standard InChI is InChI=1S/C21H26O3.C17H18ClN3O/c1-2-3-4-5-6-10-15-24-18-13-14-19(20(22)16-18)21(23)17-11-8-7-9-12-17;1-10-7-12(17(2,3)4)16(22)15(8-10)21-19-13-6-5-11(18)9-14(13)20-21/h7-9,11-14,16,22H,2-6,10,15H2,1H3;5-9,22H,1-4H3. The van der Waals surface area contributed by atoms with Crippen LogP contribution in [0.25, 0.3) is 16.7 Å². The van der Waals surface area contributed by atoms with E-state index >= 15 is 0 Å². The van der Waals surface area contributed by atoms with E-state index in [2.05, 4.69) is 37.9 Å². The van der Waals surface area contributed by atoms with Gasteiger partial charge in [0.15, 0.2) is 5.78 Å². The van der Waals surface area contributed by atoms with E-state index in [0.29, 0.717) is 39.7 Å². The third kappa shape index (κ3) is 9.10. The molecule has 8 heteroatoms. The van der Waals surface area contributed by atoms with Crippen LogP contribution in [0, 0.1) is 6.92 Å². The molecule has 0 spiro atoms. The molecule has 0 aliphatic heterocycles. The lowest BCUT2D eigenvalue weighted by atomic mass is 9.85. The summed E-state index contributed by atoms with van der Waals surface area (Å²) in [6.07, 6.45) is 7.25. The number of carbonyl (C=O) groups excluding carboxylic acids is 1. The molecule has 0 fully saturated rings. The number of unbranched alkanes of at least 4 members (excludes halogenated alkanes) is 5. The van der Waals surface area contributed by atoms with Crippen molar-refractivity contribution in [3.05, 3.63) is 106 Å². The van der Waals surface area contributed by atoms with Crippen LogP contribution in [-0.2, 0) is 5.41 Å². The molecule has 0 radical (unpaired) electrons. The first-order chi connectivity index (χ1) is 22.0. The van der Waals surface area contributed by atoms with Gasteiger partial charge in [-0.2, -0.15) is 0 Å². The van der Waals surface area contributed by atoms with Crippen LogP contribution in [-0.4, -0.2) is 37.6 Å². The summed E-state index contributed by atoms with van der Waals surface area (Å²) >= 11 is 5.99. The fraction of sp³-hybridized carbons (Fsp3) is 0.342. The van der Waals surface area contributed by atoms with E-state index in [4.69, 9.17) is 16.3 Å². The van der Waals surface area contributed by atoms with Crippen molar-refractivity contribution in [2.75, 3.05) is 6.61 Å². The number of aromatic nitrogens is 3. The lowest BCUT2D eigenvalue weighted by Gasteiger charge is -2.22. The van der Waals surface area contributed by atoms with E-state index in [1.807, 2.05) is 43.3 Å². The molecule has 0 saturated carbocycles. The number of aromatic hydroxyl groups is 2. The SMILES string of the molecule is CCCCCCCCOc1ccc(C(=O)c2ccccc2)c(O)c1.Cc1cc(-n2nc3ccc(Cl)cc3n2)c(O)c(C(C)(C)C)c1. The molecule has 0 amide bonds. The molecule has 2 N–H and O–H groups in total. The summed E-state index contributed by atoms with van der Waals surface area (Å²) < 4.78 is 5.66. The summed E-state index contributed by atoms with van der Waals surface area (Å²) in [5, 5.41) is 30.3. The summed E-state index contributed by atoms with van der Waals surface area (Å²) in [6, 6.07) is 23.1. The molecule has 0 aliphatic rings. The molecule has 1 heterocycles. The first kappa shape index (κ1) is 34.5. The maximum Gasteiger partial charge on any atom is 0.196 e. The number of benzene rings is 4. The Labute approximate surface area is 276 Å². The number of carbonyl (C=O) groups is 1. The second-order valence-corrected chi connectivity index (χ2v) is 13.0. The maximum atomic E-state index is 12.4. The molecule has 0 aliphatic carbocycles. The highest BCUT2D eigenvalue weighted by molar-refractivity contribution is 6.31.